The summed E-state index contributed by atoms with van der Waals surface area (Å²) in [6, 6.07) is 17.9. The molecule has 2 aromatic rings. The summed E-state index contributed by atoms with van der Waals surface area (Å²) in [4.78, 5) is 1.62. The maximum Gasteiger partial charge on any atom is 0.124 e. The summed E-state index contributed by atoms with van der Waals surface area (Å²) in [7, 11) is 0. The number of fused-ring (bicyclic) bond motifs is 3. The van der Waals surface area contributed by atoms with E-state index < -0.39 is 5.60 Å². The first kappa shape index (κ1) is 15.2. The molecule has 0 spiro atoms. The van der Waals surface area contributed by atoms with Crippen LogP contribution in [0.4, 0.5) is 0 Å². The van der Waals surface area contributed by atoms with Crippen molar-refractivity contribution in [1.29, 1.82) is 0 Å². The van der Waals surface area contributed by atoms with Crippen molar-refractivity contribution in [2.75, 3.05) is 19.6 Å². The first-order valence-corrected chi connectivity index (χ1v) is 8.94. The molecule has 0 amide bonds. The lowest BCUT2D eigenvalue weighted by molar-refractivity contribution is -0.922. The predicted octanol–water partition coefficient (Wildman–Crippen LogP) is 2.50. The summed E-state index contributed by atoms with van der Waals surface area (Å²) in [5, 5.41) is 12.6. The lowest BCUT2D eigenvalue weighted by Crippen LogP contribution is -3.16. The van der Waals surface area contributed by atoms with Crippen LogP contribution in [0.5, 0.6) is 0 Å². The summed E-state index contributed by atoms with van der Waals surface area (Å²) >= 11 is 6.51. The minimum Gasteiger partial charge on any atom is -0.380 e. The maximum atomic E-state index is 12.0. The third-order valence-electron chi connectivity index (χ3n) is 5.85. The number of quaternary nitrogens is 1. The third-order valence-corrected chi connectivity index (χ3v) is 6.18. The minimum absolute atomic E-state index is 0.224. The van der Waals surface area contributed by atoms with E-state index in [2.05, 4.69) is 0 Å². The van der Waals surface area contributed by atoms with Crippen molar-refractivity contribution in [3.8, 4) is 0 Å². The first-order chi connectivity index (χ1) is 11.2. The normalized spacial score (nSPS) is 29.2. The molecule has 2 bridgehead atoms. The van der Waals surface area contributed by atoms with Gasteiger partial charge < -0.3 is 10.0 Å². The van der Waals surface area contributed by atoms with Gasteiger partial charge in [0.15, 0.2) is 0 Å². The molecule has 3 fully saturated rings. The standard InChI is InChI=1S/C20H22ClNO/c21-19-9-5-4-8-17(19)20(23,16-6-2-1-3-7-16)18-14-22-12-10-15(18)11-13-22/h1-9,15,18,23H,10-14H2/p+1/t18-,20-/m1/s1. The molecule has 3 saturated heterocycles. The highest BCUT2D eigenvalue weighted by Crippen LogP contribution is 2.45. The zero-order valence-electron chi connectivity index (χ0n) is 13.2. The second kappa shape index (κ2) is 5.94. The van der Waals surface area contributed by atoms with E-state index in [1.54, 1.807) is 4.90 Å². The molecule has 0 unspecified atom stereocenters. The molecular weight excluding hydrogens is 306 g/mol. The Kier molecular flexibility index (Phi) is 3.92. The Morgan fingerprint density at radius 3 is 2.22 bits per heavy atom. The molecule has 2 nitrogen and oxygen atoms in total. The van der Waals surface area contributed by atoms with Gasteiger partial charge in [0.2, 0.25) is 0 Å². The van der Waals surface area contributed by atoms with Gasteiger partial charge in [0, 0.05) is 29.3 Å². The number of hydrogen-bond acceptors (Lipinski definition) is 1. The summed E-state index contributed by atoms with van der Waals surface area (Å²) in [5.41, 5.74) is 0.813. The van der Waals surface area contributed by atoms with Crippen LogP contribution < -0.4 is 4.90 Å². The number of nitrogens with one attached hydrogen (secondary N) is 1. The van der Waals surface area contributed by atoms with Crippen molar-refractivity contribution in [3.63, 3.8) is 0 Å². The fourth-order valence-corrected chi connectivity index (χ4v) is 4.93. The fraction of sp³-hybridized carbons (Fsp3) is 0.400. The second-order valence-electron chi connectivity index (χ2n) is 7.01. The molecule has 3 aliphatic rings. The molecule has 3 heterocycles. The van der Waals surface area contributed by atoms with Crippen LogP contribution in [0.1, 0.15) is 24.0 Å². The highest BCUT2D eigenvalue weighted by molar-refractivity contribution is 6.31. The molecule has 5 rings (SSSR count). The summed E-state index contributed by atoms with van der Waals surface area (Å²) < 4.78 is 0. The maximum absolute atomic E-state index is 12.0. The molecular formula is C20H23ClNO+. The topological polar surface area (TPSA) is 24.7 Å². The lowest BCUT2D eigenvalue weighted by Gasteiger charge is -2.49. The second-order valence-corrected chi connectivity index (χ2v) is 7.42. The van der Waals surface area contributed by atoms with Crippen LogP contribution >= 0.6 is 11.6 Å². The van der Waals surface area contributed by atoms with E-state index in [0.29, 0.717) is 10.9 Å². The molecule has 23 heavy (non-hydrogen) atoms. The third kappa shape index (κ3) is 2.50. The molecule has 120 valence electrons. The van der Waals surface area contributed by atoms with Crippen molar-refractivity contribution in [3.05, 3.63) is 70.7 Å². The largest absolute Gasteiger partial charge is 0.380 e. The summed E-state index contributed by atoms with van der Waals surface area (Å²) in [6.45, 7) is 3.52. The van der Waals surface area contributed by atoms with Crippen LogP contribution in [0.25, 0.3) is 0 Å². The fourth-order valence-electron chi connectivity index (χ4n) is 4.65. The van der Waals surface area contributed by atoms with Gasteiger partial charge in [-0.15, -0.1) is 0 Å². The monoisotopic (exact) mass is 328 g/mol. The SMILES string of the molecule is O[C@](c1ccccc1)(c1ccccc1Cl)[C@@H]1C[NH+]2CCC1CC2. The molecule has 0 radical (unpaired) electrons. The Balaban J connectivity index is 1.86. The summed E-state index contributed by atoms with van der Waals surface area (Å²) in [5.74, 6) is 0.802. The van der Waals surface area contributed by atoms with E-state index in [1.165, 1.54) is 25.9 Å². The molecule has 2 atom stereocenters. The minimum atomic E-state index is -1.00. The van der Waals surface area contributed by atoms with Crippen LogP contribution in [-0.4, -0.2) is 24.7 Å². The Morgan fingerprint density at radius 2 is 1.61 bits per heavy atom. The van der Waals surface area contributed by atoms with E-state index in [1.807, 2.05) is 54.6 Å². The molecule has 2 N–H and O–H groups in total. The van der Waals surface area contributed by atoms with Gasteiger partial charge >= 0.3 is 0 Å². The molecule has 0 saturated carbocycles. The Labute approximate surface area is 142 Å². The van der Waals surface area contributed by atoms with Crippen LogP contribution in [0.2, 0.25) is 5.02 Å². The number of piperidine rings is 3. The van der Waals surface area contributed by atoms with Crippen LogP contribution in [-0.2, 0) is 5.60 Å². The predicted molar refractivity (Wildman–Crippen MR) is 92.7 cm³/mol. The van der Waals surface area contributed by atoms with Gasteiger partial charge in [-0.25, -0.2) is 0 Å². The highest BCUT2D eigenvalue weighted by atomic mass is 35.5. The van der Waals surface area contributed by atoms with E-state index in [-0.39, 0.29) is 5.92 Å². The van der Waals surface area contributed by atoms with Gasteiger partial charge in [-0.3, -0.25) is 0 Å². The van der Waals surface area contributed by atoms with Gasteiger partial charge in [0.25, 0.3) is 0 Å². The highest BCUT2D eigenvalue weighted by Gasteiger charge is 2.51. The van der Waals surface area contributed by atoms with Gasteiger partial charge in [0.05, 0.1) is 19.6 Å². The number of rotatable bonds is 3. The molecule has 0 aliphatic carbocycles. The van der Waals surface area contributed by atoms with Crippen LogP contribution in [0.15, 0.2) is 54.6 Å². The van der Waals surface area contributed by atoms with Gasteiger partial charge in [-0.2, -0.15) is 0 Å². The van der Waals surface area contributed by atoms with E-state index in [4.69, 9.17) is 11.6 Å². The van der Waals surface area contributed by atoms with Crippen molar-refractivity contribution in [1.82, 2.24) is 0 Å². The van der Waals surface area contributed by atoms with E-state index >= 15 is 0 Å². The Hall–Kier alpha value is -1.35. The first-order valence-electron chi connectivity index (χ1n) is 8.56. The zero-order valence-corrected chi connectivity index (χ0v) is 14.0. The van der Waals surface area contributed by atoms with Gasteiger partial charge in [-0.05, 0) is 17.5 Å². The van der Waals surface area contributed by atoms with Crippen LogP contribution in [0, 0.1) is 11.8 Å². The van der Waals surface area contributed by atoms with Gasteiger partial charge in [0.1, 0.15) is 5.60 Å². The average molecular weight is 329 g/mol. The molecule has 3 heteroatoms. The Bertz CT molecular complexity index is 681. The molecule has 3 aliphatic heterocycles. The zero-order chi connectivity index (χ0) is 15.9. The Morgan fingerprint density at radius 1 is 0.957 bits per heavy atom. The quantitative estimate of drug-likeness (QED) is 0.889. The lowest BCUT2D eigenvalue weighted by atomic mass is 9.65. The van der Waals surface area contributed by atoms with Crippen LogP contribution in [0.3, 0.4) is 0 Å². The molecule has 0 aromatic heterocycles. The molecule has 2 aromatic carbocycles. The van der Waals surface area contributed by atoms with Gasteiger partial charge in [-0.1, -0.05) is 60.1 Å². The average Bonchev–Trinajstić information content (AvgIpc) is 2.63. The number of halogens is 1. The van der Waals surface area contributed by atoms with E-state index in [9.17, 15) is 5.11 Å². The number of hydrogen-bond donors (Lipinski definition) is 2. The van der Waals surface area contributed by atoms with Crippen molar-refractivity contribution >= 4 is 11.6 Å². The smallest absolute Gasteiger partial charge is 0.124 e. The summed E-state index contributed by atoms with van der Waals surface area (Å²) in [6.07, 6.45) is 2.42. The van der Waals surface area contributed by atoms with Crippen molar-refractivity contribution < 1.29 is 10.0 Å². The number of aliphatic hydroxyl groups is 1. The van der Waals surface area contributed by atoms with Crippen molar-refractivity contribution in [2.24, 2.45) is 11.8 Å². The van der Waals surface area contributed by atoms with Crippen molar-refractivity contribution in [2.45, 2.75) is 18.4 Å². The van der Waals surface area contributed by atoms with E-state index in [0.717, 1.165) is 17.7 Å². The number of benzene rings is 2.